The quantitative estimate of drug-likeness (QED) is 0.860. The molecular weight excluding hydrogens is 233 g/mol. The van der Waals surface area contributed by atoms with Crippen molar-refractivity contribution in [3.63, 3.8) is 0 Å². The van der Waals surface area contributed by atoms with Gasteiger partial charge in [0.15, 0.2) is 0 Å². The summed E-state index contributed by atoms with van der Waals surface area (Å²) in [6.45, 7) is 0. The molecule has 0 amide bonds. The smallest absolute Gasteiger partial charge is 0.417 e. The highest BCUT2D eigenvalue weighted by molar-refractivity contribution is 6.31. The number of carboxylic acids is 1. The molecule has 6 heteroatoms. The van der Waals surface area contributed by atoms with Crippen molar-refractivity contribution < 1.29 is 23.1 Å². The van der Waals surface area contributed by atoms with Gasteiger partial charge in [0.1, 0.15) is 0 Å². The van der Waals surface area contributed by atoms with Crippen LogP contribution >= 0.6 is 11.6 Å². The zero-order valence-corrected chi connectivity index (χ0v) is 8.06. The molecule has 0 radical (unpaired) electrons. The second-order valence-corrected chi connectivity index (χ2v) is 3.29. The Bertz CT molecular complexity index is 387. The maximum Gasteiger partial charge on any atom is 0.417 e. The molecule has 15 heavy (non-hydrogen) atoms. The Labute approximate surface area is 88.3 Å². The predicted octanol–water partition coefficient (Wildman–Crippen LogP) is 2.99. The largest absolute Gasteiger partial charge is 0.481 e. The number of hydrogen-bond donors (Lipinski definition) is 1. The molecule has 1 N–H and O–H groups in total. The number of alkyl halides is 3. The molecule has 0 heterocycles. The third kappa shape index (κ3) is 3.13. The van der Waals surface area contributed by atoms with E-state index >= 15 is 0 Å². The molecule has 0 unspecified atom stereocenters. The zero-order valence-electron chi connectivity index (χ0n) is 7.31. The molecule has 1 aromatic rings. The molecule has 2 nitrogen and oxygen atoms in total. The summed E-state index contributed by atoms with van der Waals surface area (Å²) >= 11 is 5.38. The van der Waals surface area contributed by atoms with Gasteiger partial charge in [-0.1, -0.05) is 17.7 Å². The van der Waals surface area contributed by atoms with Gasteiger partial charge in [-0.15, -0.1) is 0 Å². The Morgan fingerprint density at radius 2 is 2.00 bits per heavy atom. The molecule has 1 rings (SSSR count). The topological polar surface area (TPSA) is 37.3 Å². The summed E-state index contributed by atoms with van der Waals surface area (Å²) in [6.07, 6.45) is -4.86. The number of hydrogen-bond acceptors (Lipinski definition) is 1. The first-order chi connectivity index (χ1) is 6.80. The van der Waals surface area contributed by atoms with Crippen molar-refractivity contribution in [2.75, 3.05) is 0 Å². The van der Waals surface area contributed by atoms with E-state index in [1.807, 2.05) is 0 Å². The highest BCUT2D eigenvalue weighted by Gasteiger charge is 2.32. The first kappa shape index (κ1) is 11.8. The lowest BCUT2D eigenvalue weighted by atomic mass is 10.1. The van der Waals surface area contributed by atoms with Crippen LogP contribution in [0.2, 0.25) is 5.02 Å². The van der Waals surface area contributed by atoms with Crippen LogP contribution < -0.4 is 0 Å². The monoisotopic (exact) mass is 238 g/mol. The second kappa shape index (κ2) is 4.10. The number of carbonyl (C=O) groups is 1. The number of aliphatic carboxylic acids is 1. The van der Waals surface area contributed by atoms with Crippen molar-refractivity contribution >= 4 is 17.6 Å². The summed E-state index contributed by atoms with van der Waals surface area (Å²) in [4.78, 5) is 10.3. The molecule has 0 aromatic heterocycles. The van der Waals surface area contributed by atoms with Crippen LogP contribution in [-0.4, -0.2) is 11.1 Å². The SMILES string of the molecule is O=C(O)Cc1ccc(C(F)(F)F)c(Cl)c1. The highest BCUT2D eigenvalue weighted by Crippen LogP contribution is 2.34. The van der Waals surface area contributed by atoms with Crippen LogP contribution in [0.25, 0.3) is 0 Å². The first-order valence-corrected chi connectivity index (χ1v) is 4.26. The van der Waals surface area contributed by atoms with Gasteiger partial charge in [-0.05, 0) is 17.7 Å². The molecule has 0 saturated heterocycles. The Kier molecular flexibility index (Phi) is 3.24. The third-order valence-electron chi connectivity index (χ3n) is 1.69. The van der Waals surface area contributed by atoms with E-state index in [1.165, 1.54) is 0 Å². The Hall–Kier alpha value is -1.23. The van der Waals surface area contributed by atoms with Crippen LogP contribution in [0.5, 0.6) is 0 Å². The lowest BCUT2D eigenvalue weighted by Crippen LogP contribution is -2.07. The van der Waals surface area contributed by atoms with E-state index in [0.717, 1.165) is 18.2 Å². The minimum absolute atomic E-state index is 0.237. The maximum absolute atomic E-state index is 12.2. The lowest BCUT2D eigenvalue weighted by Gasteiger charge is -2.09. The van der Waals surface area contributed by atoms with E-state index < -0.39 is 22.7 Å². The van der Waals surface area contributed by atoms with Crippen LogP contribution in [0.15, 0.2) is 18.2 Å². The van der Waals surface area contributed by atoms with E-state index in [9.17, 15) is 18.0 Å². The lowest BCUT2D eigenvalue weighted by molar-refractivity contribution is -0.137. The van der Waals surface area contributed by atoms with Crippen molar-refractivity contribution in [2.45, 2.75) is 12.6 Å². The maximum atomic E-state index is 12.2. The normalized spacial score (nSPS) is 11.5. The number of benzene rings is 1. The van der Waals surface area contributed by atoms with E-state index in [0.29, 0.717) is 0 Å². The molecule has 0 saturated carbocycles. The molecule has 0 bridgehead atoms. The summed E-state index contributed by atoms with van der Waals surface area (Å²) in [7, 11) is 0. The van der Waals surface area contributed by atoms with Crippen LogP contribution in [0.4, 0.5) is 13.2 Å². The van der Waals surface area contributed by atoms with Gasteiger partial charge >= 0.3 is 12.1 Å². The number of halogens is 4. The van der Waals surface area contributed by atoms with Gasteiger partial charge in [0, 0.05) is 0 Å². The Morgan fingerprint density at radius 1 is 1.40 bits per heavy atom. The van der Waals surface area contributed by atoms with E-state index in [2.05, 4.69) is 0 Å². The van der Waals surface area contributed by atoms with Gasteiger partial charge in [-0.3, -0.25) is 4.79 Å². The summed E-state index contributed by atoms with van der Waals surface area (Å²) in [5.41, 5.74) is -0.723. The fourth-order valence-electron chi connectivity index (χ4n) is 1.07. The van der Waals surface area contributed by atoms with Crippen molar-refractivity contribution in [1.82, 2.24) is 0 Å². The minimum atomic E-state index is -4.52. The third-order valence-corrected chi connectivity index (χ3v) is 2.01. The molecule has 0 spiro atoms. The number of carboxylic acid groups (broad SMARTS) is 1. The standard InChI is InChI=1S/C9H6ClF3O2/c10-7-3-5(4-8(14)15)1-2-6(7)9(11,12)13/h1-3H,4H2,(H,14,15). The van der Waals surface area contributed by atoms with Crippen molar-refractivity contribution in [3.8, 4) is 0 Å². The van der Waals surface area contributed by atoms with Crippen LogP contribution in [-0.2, 0) is 17.4 Å². The minimum Gasteiger partial charge on any atom is -0.481 e. The molecule has 0 aliphatic carbocycles. The molecule has 0 aliphatic rings. The number of rotatable bonds is 2. The van der Waals surface area contributed by atoms with Crippen molar-refractivity contribution in [1.29, 1.82) is 0 Å². The molecule has 0 atom stereocenters. The molecule has 1 aromatic carbocycles. The summed E-state index contributed by atoms with van der Waals surface area (Å²) in [6, 6.07) is 2.89. The van der Waals surface area contributed by atoms with E-state index in [-0.39, 0.29) is 12.0 Å². The van der Waals surface area contributed by atoms with Gasteiger partial charge in [0.05, 0.1) is 17.0 Å². The average molecular weight is 239 g/mol. The fraction of sp³-hybridized carbons (Fsp3) is 0.222. The van der Waals surface area contributed by atoms with Gasteiger partial charge in [-0.25, -0.2) is 0 Å². The Morgan fingerprint density at radius 3 is 2.40 bits per heavy atom. The van der Waals surface area contributed by atoms with E-state index in [1.54, 1.807) is 0 Å². The van der Waals surface area contributed by atoms with Crippen molar-refractivity contribution in [3.05, 3.63) is 34.3 Å². The van der Waals surface area contributed by atoms with Crippen LogP contribution in [0, 0.1) is 0 Å². The fourth-order valence-corrected chi connectivity index (χ4v) is 1.38. The van der Waals surface area contributed by atoms with E-state index in [4.69, 9.17) is 16.7 Å². The van der Waals surface area contributed by atoms with Crippen LogP contribution in [0.1, 0.15) is 11.1 Å². The average Bonchev–Trinajstić information content (AvgIpc) is 1.99. The molecule has 0 aliphatic heterocycles. The van der Waals surface area contributed by atoms with Gasteiger partial charge < -0.3 is 5.11 Å². The molecular formula is C9H6ClF3O2. The van der Waals surface area contributed by atoms with Gasteiger partial charge in [0.25, 0.3) is 0 Å². The summed E-state index contributed by atoms with van der Waals surface area (Å²) in [5.74, 6) is -1.12. The summed E-state index contributed by atoms with van der Waals surface area (Å²) in [5, 5.41) is 7.94. The van der Waals surface area contributed by atoms with Gasteiger partial charge in [-0.2, -0.15) is 13.2 Å². The van der Waals surface area contributed by atoms with Crippen LogP contribution in [0.3, 0.4) is 0 Å². The first-order valence-electron chi connectivity index (χ1n) is 3.88. The summed E-state index contributed by atoms with van der Waals surface area (Å²) < 4.78 is 36.7. The molecule has 0 fully saturated rings. The Balaban J connectivity index is 3.04. The van der Waals surface area contributed by atoms with Gasteiger partial charge in [0.2, 0.25) is 0 Å². The molecule has 82 valence electrons. The van der Waals surface area contributed by atoms with Crippen molar-refractivity contribution in [2.24, 2.45) is 0 Å². The zero-order chi connectivity index (χ0) is 11.6. The predicted molar refractivity (Wildman–Crippen MR) is 47.8 cm³/mol. The highest BCUT2D eigenvalue weighted by atomic mass is 35.5. The second-order valence-electron chi connectivity index (χ2n) is 2.88.